The van der Waals surface area contributed by atoms with Crippen molar-refractivity contribution in [1.82, 2.24) is 9.97 Å². The van der Waals surface area contributed by atoms with Crippen molar-refractivity contribution in [3.63, 3.8) is 0 Å². The molecule has 1 aromatic carbocycles. The Kier molecular flexibility index (Phi) is 4.82. The van der Waals surface area contributed by atoms with Gasteiger partial charge < -0.3 is 9.72 Å². The van der Waals surface area contributed by atoms with Crippen molar-refractivity contribution >= 4 is 50.8 Å². The second-order valence-corrected chi connectivity index (χ2v) is 6.29. The molecule has 8 heteroatoms. The average Bonchev–Trinajstić information content (AvgIpc) is 3.13. The van der Waals surface area contributed by atoms with Gasteiger partial charge in [0.05, 0.1) is 18.7 Å². The molecule has 0 radical (unpaired) electrons. The van der Waals surface area contributed by atoms with E-state index in [9.17, 15) is 9.59 Å². The minimum absolute atomic E-state index is 0.0884. The summed E-state index contributed by atoms with van der Waals surface area (Å²) in [6.45, 7) is 2.08. The van der Waals surface area contributed by atoms with Crippen LogP contribution in [0.4, 0.5) is 5.13 Å². The summed E-state index contributed by atoms with van der Waals surface area (Å²) >= 11 is 7.20. The Labute approximate surface area is 146 Å². The fraction of sp³-hybridized carbons (Fsp3) is 0.188. The number of benzene rings is 1. The number of H-pyrrole nitrogens is 1. The number of hydrogen-bond acceptors (Lipinski definition) is 5. The number of rotatable bonds is 5. The van der Waals surface area contributed by atoms with E-state index in [0.717, 1.165) is 10.9 Å². The van der Waals surface area contributed by atoms with Gasteiger partial charge in [-0.2, -0.15) is 0 Å². The van der Waals surface area contributed by atoms with Crippen molar-refractivity contribution in [2.45, 2.75) is 13.3 Å². The largest absolute Gasteiger partial charge is 0.466 e. The smallest absolute Gasteiger partial charge is 0.311 e. The first-order chi connectivity index (χ1) is 11.5. The highest BCUT2D eigenvalue weighted by Crippen LogP contribution is 2.22. The van der Waals surface area contributed by atoms with E-state index in [-0.39, 0.29) is 18.3 Å². The van der Waals surface area contributed by atoms with Gasteiger partial charge in [0.25, 0.3) is 5.91 Å². The van der Waals surface area contributed by atoms with Crippen molar-refractivity contribution in [2.24, 2.45) is 0 Å². The molecule has 2 aromatic heterocycles. The number of carbonyl (C=O) groups excluding carboxylic acids is 2. The first-order valence-electron chi connectivity index (χ1n) is 7.25. The van der Waals surface area contributed by atoms with E-state index in [1.54, 1.807) is 30.5 Å². The van der Waals surface area contributed by atoms with Crippen LogP contribution in [0.15, 0.2) is 29.6 Å². The van der Waals surface area contributed by atoms with Crippen LogP contribution in [0.3, 0.4) is 0 Å². The molecule has 3 aromatic rings. The molecule has 0 aliphatic heterocycles. The summed E-state index contributed by atoms with van der Waals surface area (Å²) in [4.78, 5) is 31.0. The summed E-state index contributed by atoms with van der Waals surface area (Å²) in [6.07, 6.45) is 0.0884. The zero-order valence-corrected chi connectivity index (χ0v) is 14.3. The highest BCUT2D eigenvalue weighted by molar-refractivity contribution is 7.14. The fourth-order valence-corrected chi connectivity index (χ4v) is 3.08. The van der Waals surface area contributed by atoms with Gasteiger partial charge in [0.1, 0.15) is 5.69 Å². The van der Waals surface area contributed by atoms with E-state index in [2.05, 4.69) is 15.3 Å². The van der Waals surface area contributed by atoms with Gasteiger partial charge in [-0.05, 0) is 31.2 Å². The van der Waals surface area contributed by atoms with E-state index < -0.39 is 0 Å². The Hall–Kier alpha value is -2.38. The lowest BCUT2D eigenvalue weighted by molar-refractivity contribution is -0.142. The summed E-state index contributed by atoms with van der Waals surface area (Å²) in [5.74, 6) is -0.646. The standard InChI is InChI=1S/C16H14ClN3O3S/c1-2-23-14(21)7-11-8-24-16(18-11)20-15(22)13-6-9-5-10(17)3-4-12(9)19-13/h3-6,8,19H,2,7H2,1H3,(H,18,20,22). The maximum atomic E-state index is 12.3. The topological polar surface area (TPSA) is 84.1 Å². The summed E-state index contributed by atoms with van der Waals surface area (Å²) in [7, 11) is 0. The quantitative estimate of drug-likeness (QED) is 0.678. The monoisotopic (exact) mass is 363 g/mol. The number of amides is 1. The molecule has 0 aliphatic rings. The number of carbonyl (C=O) groups is 2. The van der Waals surface area contributed by atoms with Crippen LogP contribution in [0.25, 0.3) is 10.9 Å². The average molecular weight is 364 g/mol. The fourth-order valence-electron chi connectivity index (χ4n) is 2.20. The zero-order chi connectivity index (χ0) is 17.1. The van der Waals surface area contributed by atoms with Crippen molar-refractivity contribution in [3.05, 3.63) is 46.1 Å². The molecule has 0 unspecified atom stereocenters. The lowest BCUT2D eigenvalue weighted by Crippen LogP contribution is -2.12. The molecule has 2 N–H and O–H groups in total. The number of fused-ring (bicyclic) bond motifs is 1. The predicted molar refractivity (Wildman–Crippen MR) is 93.7 cm³/mol. The van der Waals surface area contributed by atoms with Crippen LogP contribution in [-0.2, 0) is 16.0 Å². The number of esters is 1. The van der Waals surface area contributed by atoms with E-state index in [0.29, 0.717) is 28.1 Å². The third-order valence-electron chi connectivity index (χ3n) is 3.23. The van der Waals surface area contributed by atoms with Crippen LogP contribution in [0.5, 0.6) is 0 Å². The van der Waals surface area contributed by atoms with Crippen LogP contribution in [-0.4, -0.2) is 28.5 Å². The molecular weight excluding hydrogens is 350 g/mol. The van der Waals surface area contributed by atoms with Crippen molar-refractivity contribution < 1.29 is 14.3 Å². The molecular formula is C16H14ClN3O3S. The molecule has 0 bridgehead atoms. The first kappa shape index (κ1) is 16.5. The maximum absolute atomic E-state index is 12.3. The Morgan fingerprint density at radius 1 is 1.38 bits per heavy atom. The second-order valence-electron chi connectivity index (χ2n) is 4.99. The Morgan fingerprint density at radius 3 is 3.00 bits per heavy atom. The molecule has 0 aliphatic carbocycles. The third kappa shape index (κ3) is 3.74. The van der Waals surface area contributed by atoms with Crippen LogP contribution in [0.1, 0.15) is 23.1 Å². The molecule has 0 spiro atoms. The molecule has 0 saturated carbocycles. The van der Waals surface area contributed by atoms with Crippen LogP contribution >= 0.6 is 22.9 Å². The lowest BCUT2D eigenvalue weighted by atomic mass is 10.2. The maximum Gasteiger partial charge on any atom is 0.311 e. The van der Waals surface area contributed by atoms with Gasteiger partial charge in [0, 0.05) is 21.3 Å². The van der Waals surface area contributed by atoms with Gasteiger partial charge in [-0.3, -0.25) is 14.9 Å². The van der Waals surface area contributed by atoms with Crippen molar-refractivity contribution in [2.75, 3.05) is 11.9 Å². The molecule has 24 heavy (non-hydrogen) atoms. The highest BCUT2D eigenvalue weighted by atomic mass is 35.5. The number of ether oxygens (including phenoxy) is 1. The van der Waals surface area contributed by atoms with Gasteiger partial charge in [0.15, 0.2) is 5.13 Å². The zero-order valence-electron chi connectivity index (χ0n) is 12.8. The molecule has 2 heterocycles. The van der Waals surface area contributed by atoms with Crippen molar-refractivity contribution in [1.29, 1.82) is 0 Å². The third-order valence-corrected chi connectivity index (χ3v) is 4.27. The number of aromatic nitrogens is 2. The van der Waals surface area contributed by atoms with E-state index in [1.165, 1.54) is 11.3 Å². The Balaban J connectivity index is 1.69. The second kappa shape index (κ2) is 7.02. The lowest BCUT2D eigenvalue weighted by Gasteiger charge is -1.99. The van der Waals surface area contributed by atoms with Gasteiger partial charge in [-0.25, -0.2) is 4.98 Å². The number of halogens is 1. The van der Waals surface area contributed by atoms with Gasteiger partial charge >= 0.3 is 5.97 Å². The normalized spacial score (nSPS) is 10.8. The predicted octanol–water partition coefficient (Wildman–Crippen LogP) is 3.64. The Morgan fingerprint density at radius 2 is 2.21 bits per heavy atom. The molecule has 3 rings (SSSR count). The molecule has 0 atom stereocenters. The summed E-state index contributed by atoms with van der Waals surface area (Å²) < 4.78 is 4.87. The molecule has 1 amide bonds. The van der Waals surface area contributed by atoms with E-state index in [4.69, 9.17) is 16.3 Å². The molecule has 0 fully saturated rings. The number of thiazole rings is 1. The SMILES string of the molecule is CCOC(=O)Cc1csc(NC(=O)c2cc3cc(Cl)ccc3[nH]2)n1. The van der Waals surface area contributed by atoms with E-state index >= 15 is 0 Å². The number of hydrogen-bond donors (Lipinski definition) is 2. The van der Waals surface area contributed by atoms with Gasteiger partial charge in [0.2, 0.25) is 0 Å². The molecule has 124 valence electrons. The summed E-state index contributed by atoms with van der Waals surface area (Å²) in [6, 6.07) is 7.08. The van der Waals surface area contributed by atoms with Gasteiger partial charge in [-0.1, -0.05) is 11.6 Å². The Bertz CT molecular complexity index is 903. The number of anilines is 1. The minimum atomic E-state index is -0.340. The van der Waals surface area contributed by atoms with Crippen LogP contribution in [0.2, 0.25) is 5.02 Å². The molecule has 6 nitrogen and oxygen atoms in total. The van der Waals surface area contributed by atoms with Crippen molar-refractivity contribution in [3.8, 4) is 0 Å². The van der Waals surface area contributed by atoms with Crippen LogP contribution < -0.4 is 5.32 Å². The molecule has 0 saturated heterocycles. The number of nitrogens with one attached hydrogen (secondary N) is 2. The highest BCUT2D eigenvalue weighted by Gasteiger charge is 2.13. The summed E-state index contributed by atoms with van der Waals surface area (Å²) in [5, 5.41) is 6.32. The number of nitrogens with zero attached hydrogens (tertiary/aromatic N) is 1. The van der Waals surface area contributed by atoms with Gasteiger partial charge in [-0.15, -0.1) is 11.3 Å². The van der Waals surface area contributed by atoms with Crippen LogP contribution in [0, 0.1) is 0 Å². The van der Waals surface area contributed by atoms with E-state index in [1.807, 2.05) is 6.07 Å². The number of aromatic amines is 1. The first-order valence-corrected chi connectivity index (χ1v) is 8.50. The summed E-state index contributed by atoms with van der Waals surface area (Å²) in [5.41, 5.74) is 1.80. The minimum Gasteiger partial charge on any atom is -0.466 e.